The lowest BCUT2D eigenvalue weighted by Crippen LogP contribution is -2.28. The van der Waals surface area contributed by atoms with Crippen molar-refractivity contribution in [3.05, 3.63) is 65.1 Å². The van der Waals surface area contributed by atoms with E-state index in [0.717, 1.165) is 38.6 Å². The predicted molar refractivity (Wildman–Crippen MR) is 112 cm³/mol. The number of aromatic nitrogens is 2. The molecule has 0 amide bonds. The average Bonchev–Trinajstić information content (AvgIpc) is 3.49. The summed E-state index contributed by atoms with van der Waals surface area (Å²) >= 11 is 0. The summed E-state index contributed by atoms with van der Waals surface area (Å²) in [5, 5.41) is 1.41. The molecule has 0 radical (unpaired) electrons. The van der Waals surface area contributed by atoms with Gasteiger partial charge in [0.2, 0.25) is 0 Å². The van der Waals surface area contributed by atoms with Gasteiger partial charge in [-0.05, 0) is 68.1 Å². The minimum absolute atomic E-state index is 0.0734. The van der Waals surface area contributed by atoms with Crippen molar-refractivity contribution >= 4 is 10.9 Å². The number of likely N-dealkylation sites (N-methyl/N-ethyl adjacent to an activating group) is 1. The van der Waals surface area contributed by atoms with E-state index in [0.29, 0.717) is 0 Å². The third-order valence-corrected chi connectivity index (χ3v) is 6.26. The smallest absolute Gasteiger partial charge is 0.100 e. The zero-order valence-corrected chi connectivity index (χ0v) is 16.9. The number of aryl methyl sites for hydroxylation is 1. The molecule has 2 aromatic heterocycles. The lowest BCUT2D eigenvalue weighted by molar-refractivity contribution is 0.0336. The molecule has 1 aliphatic carbocycles. The van der Waals surface area contributed by atoms with E-state index in [1.807, 2.05) is 12.4 Å². The van der Waals surface area contributed by atoms with Crippen LogP contribution in [0.4, 0.5) is 0 Å². The molecule has 5 rings (SSSR count). The number of benzene rings is 1. The van der Waals surface area contributed by atoms with Crippen molar-refractivity contribution in [1.82, 2.24) is 14.5 Å². The normalized spacial score (nSPS) is 18.4. The van der Waals surface area contributed by atoms with Crippen molar-refractivity contribution in [2.75, 3.05) is 20.2 Å². The fourth-order valence-electron chi connectivity index (χ4n) is 4.44. The second-order valence-electron chi connectivity index (χ2n) is 8.59. The van der Waals surface area contributed by atoms with Crippen LogP contribution in [0.2, 0.25) is 0 Å². The third-order valence-electron chi connectivity index (χ3n) is 6.26. The second kappa shape index (κ2) is 7.34. The van der Waals surface area contributed by atoms with E-state index in [9.17, 15) is 0 Å². The molecule has 1 aromatic carbocycles. The van der Waals surface area contributed by atoms with Gasteiger partial charge in [-0.1, -0.05) is 11.6 Å². The van der Waals surface area contributed by atoms with Crippen LogP contribution < -0.4 is 0 Å². The molecular weight excluding hydrogens is 346 g/mol. The molecule has 1 atom stereocenters. The van der Waals surface area contributed by atoms with Gasteiger partial charge in [0.1, 0.15) is 6.10 Å². The zero-order chi connectivity index (χ0) is 19.1. The van der Waals surface area contributed by atoms with Crippen LogP contribution in [-0.4, -0.2) is 34.7 Å². The summed E-state index contributed by atoms with van der Waals surface area (Å²) in [7, 11) is 2.22. The van der Waals surface area contributed by atoms with Crippen molar-refractivity contribution in [1.29, 1.82) is 0 Å². The molecule has 3 heterocycles. The first-order chi connectivity index (χ1) is 13.7. The summed E-state index contributed by atoms with van der Waals surface area (Å²) in [6.07, 6.45) is 7.57. The van der Waals surface area contributed by atoms with Crippen LogP contribution in [0.15, 0.2) is 42.7 Å². The van der Waals surface area contributed by atoms with Gasteiger partial charge in [-0.15, -0.1) is 0 Å². The number of pyridine rings is 1. The first-order valence-electron chi connectivity index (χ1n) is 10.5. The standard InChI is InChI=1S/C24H29N3O/c1-17-3-6-22-20(13-17)21-14-26(2)12-9-23(21)27(22)15-24(28-16-18-4-5-18)19-7-10-25-11-8-19/h3,6-8,10-11,13,18,24H,4-5,9,12,14-16H2,1-2H3. The average molecular weight is 376 g/mol. The summed E-state index contributed by atoms with van der Waals surface area (Å²) in [6, 6.07) is 11.1. The van der Waals surface area contributed by atoms with Gasteiger partial charge in [0.05, 0.1) is 13.2 Å². The second-order valence-corrected chi connectivity index (χ2v) is 8.59. The number of hydrogen-bond acceptors (Lipinski definition) is 3. The van der Waals surface area contributed by atoms with Crippen molar-refractivity contribution in [3.63, 3.8) is 0 Å². The summed E-state index contributed by atoms with van der Waals surface area (Å²) in [5.74, 6) is 0.760. The van der Waals surface area contributed by atoms with Gasteiger partial charge in [-0.25, -0.2) is 0 Å². The minimum Gasteiger partial charge on any atom is -0.371 e. The van der Waals surface area contributed by atoms with Crippen LogP contribution >= 0.6 is 0 Å². The molecule has 4 heteroatoms. The molecule has 0 bridgehead atoms. The molecule has 3 aromatic rings. The highest BCUT2D eigenvalue weighted by Crippen LogP contribution is 2.35. The van der Waals surface area contributed by atoms with Gasteiger partial charge in [-0.3, -0.25) is 4.98 Å². The predicted octanol–water partition coefficient (Wildman–Crippen LogP) is 4.50. The molecule has 1 unspecified atom stereocenters. The number of fused-ring (bicyclic) bond motifs is 3. The Balaban J connectivity index is 1.55. The summed E-state index contributed by atoms with van der Waals surface area (Å²) < 4.78 is 8.99. The Bertz CT molecular complexity index is 974. The highest BCUT2D eigenvalue weighted by molar-refractivity contribution is 5.86. The van der Waals surface area contributed by atoms with Crippen molar-refractivity contribution < 1.29 is 4.74 Å². The largest absolute Gasteiger partial charge is 0.371 e. The molecule has 4 nitrogen and oxygen atoms in total. The topological polar surface area (TPSA) is 30.3 Å². The maximum absolute atomic E-state index is 6.45. The number of hydrogen-bond donors (Lipinski definition) is 0. The Hall–Kier alpha value is -2.17. The van der Waals surface area contributed by atoms with Crippen molar-refractivity contribution in [2.45, 2.75) is 45.4 Å². The monoisotopic (exact) mass is 375 g/mol. The van der Waals surface area contributed by atoms with Gasteiger partial charge >= 0.3 is 0 Å². The fourth-order valence-corrected chi connectivity index (χ4v) is 4.44. The van der Waals surface area contributed by atoms with Crippen LogP contribution in [-0.2, 0) is 24.2 Å². The molecule has 1 fully saturated rings. The van der Waals surface area contributed by atoms with Gasteiger partial charge in [0.25, 0.3) is 0 Å². The Morgan fingerprint density at radius 3 is 2.79 bits per heavy atom. The lowest BCUT2D eigenvalue weighted by Gasteiger charge is -2.26. The molecule has 1 saturated carbocycles. The highest BCUT2D eigenvalue weighted by Gasteiger charge is 2.27. The van der Waals surface area contributed by atoms with Gasteiger partial charge in [-0.2, -0.15) is 0 Å². The van der Waals surface area contributed by atoms with Gasteiger partial charge < -0.3 is 14.2 Å². The molecule has 1 aliphatic heterocycles. The molecule has 0 spiro atoms. The first-order valence-corrected chi connectivity index (χ1v) is 10.5. The minimum atomic E-state index is 0.0734. The fraction of sp³-hybridized carbons (Fsp3) is 0.458. The van der Waals surface area contributed by atoms with Crippen LogP contribution in [0.5, 0.6) is 0 Å². The maximum Gasteiger partial charge on any atom is 0.100 e. The van der Waals surface area contributed by atoms with Gasteiger partial charge in [0, 0.05) is 48.5 Å². The lowest BCUT2D eigenvalue weighted by atomic mass is 10.0. The van der Waals surface area contributed by atoms with Crippen LogP contribution in [0.3, 0.4) is 0 Å². The van der Waals surface area contributed by atoms with E-state index in [1.54, 1.807) is 0 Å². The molecule has 28 heavy (non-hydrogen) atoms. The summed E-state index contributed by atoms with van der Waals surface area (Å²) in [4.78, 5) is 6.63. The molecule has 0 saturated heterocycles. The Labute approximate surface area is 167 Å². The summed E-state index contributed by atoms with van der Waals surface area (Å²) in [6.45, 7) is 6.08. The van der Waals surface area contributed by atoms with Crippen molar-refractivity contribution in [3.8, 4) is 0 Å². The molecular formula is C24H29N3O. The number of nitrogens with zero attached hydrogens (tertiary/aromatic N) is 3. The van der Waals surface area contributed by atoms with Crippen LogP contribution in [0.25, 0.3) is 10.9 Å². The third kappa shape index (κ3) is 3.47. The van der Waals surface area contributed by atoms with E-state index >= 15 is 0 Å². The Morgan fingerprint density at radius 1 is 1.18 bits per heavy atom. The summed E-state index contributed by atoms with van der Waals surface area (Å²) in [5.41, 5.74) is 6.90. The first kappa shape index (κ1) is 17.9. The molecule has 146 valence electrons. The SMILES string of the molecule is Cc1ccc2c(c1)c1c(n2CC(OCC2CC2)c2ccncc2)CCN(C)C1. The van der Waals surface area contributed by atoms with E-state index < -0.39 is 0 Å². The Kier molecular flexibility index (Phi) is 4.69. The van der Waals surface area contributed by atoms with Crippen LogP contribution in [0.1, 0.15) is 41.3 Å². The highest BCUT2D eigenvalue weighted by atomic mass is 16.5. The Morgan fingerprint density at radius 2 is 2.00 bits per heavy atom. The maximum atomic E-state index is 6.45. The van der Waals surface area contributed by atoms with E-state index in [-0.39, 0.29) is 6.10 Å². The van der Waals surface area contributed by atoms with E-state index in [2.05, 4.69) is 58.8 Å². The van der Waals surface area contributed by atoms with Crippen LogP contribution in [0, 0.1) is 12.8 Å². The van der Waals surface area contributed by atoms with E-state index in [4.69, 9.17) is 4.74 Å². The number of ether oxygens (including phenoxy) is 1. The van der Waals surface area contributed by atoms with Crippen molar-refractivity contribution in [2.24, 2.45) is 5.92 Å². The zero-order valence-electron chi connectivity index (χ0n) is 16.9. The molecule has 2 aliphatic rings. The van der Waals surface area contributed by atoms with E-state index in [1.165, 1.54) is 46.1 Å². The van der Waals surface area contributed by atoms with Gasteiger partial charge in [0.15, 0.2) is 0 Å². The number of rotatable bonds is 6. The molecule has 0 N–H and O–H groups in total. The quantitative estimate of drug-likeness (QED) is 0.635.